The Bertz CT molecular complexity index is 631. The number of hydrogen-bond acceptors (Lipinski definition) is 1. The summed E-state index contributed by atoms with van der Waals surface area (Å²) in [6, 6.07) is 7.60. The van der Waals surface area contributed by atoms with Crippen LogP contribution in [-0.2, 0) is 0 Å². The van der Waals surface area contributed by atoms with Gasteiger partial charge in [0.15, 0.2) is 0 Å². The highest BCUT2D eigenvalue weighted by molar-refractivity contribution is 9.10. The van der Waals surface area contributed by atoms with Crippen LogP contribution in [0.5, 0.6) is 0 Å². The van der Waals surface area contributed by atoms with Crippen molar-refractivity contribution in [3.8, 4) is 0 Å². The lowest BCUT2D eigenvalue weighted by molar-refractivity contribution is 0.486. The Kier molecular flexibility index (Phi) is 5.42. The molecule has 0 fully saturated rings. The van der Waals surface area contributed by atoms with E-state index in [1.165, 1.54) is 24.3 Å². The topological polar surface area (TPSA) is 12.0 Å². The molecule has 5 heteroatoms. The first-order valence-electron chi connectivity index (χ1n) is 6.67. The molecule has 0 radical (unpaired) electrons. The first-order valence-corrected chi connectivity index (χ1v) is 7.46. The first kappa shape index (κ1) is 16.0. The average Bonchev–Trinajstić information content (AvgIpc) is 2.47. The molecule has 1 atom stereocenters. The van der Waals surface area contributed by atoms with Gasteiger partial charge in [0.25, 0.3) is 0 Å². The molecule has 0 aromatic heterocycles. The van der Waals surface area contributed by atoms with Gasteiger partial charge >= 0.3 is 0 Å². The number of hydrogen-bond donors (Lipinski definition) is 1. The van der Waals surface area contributed by atoms with Gasteiger partial charge in [0.1, 0.15) is 17.5 Å². The zero-order chi connectivity index (χ0) is 15.4. The lowest BCUT2D eigenvalue weighted by atomic mass is 9.97. The molecule has 1 unspecified atom stereocenters. The molecule has 1 nitrogen and oxygen atoms in total. The van der Waals surface area contributed by atoms with Gasteiger partial charge in [0.2, 0.25) is 0 Å². The van der Waals surface area contributed by atoms with Gasteiger partial charge < -0.3 is 5.32 Å². The van der Waals surface area contributed by atoms with E-state index in [1.54, 1.807) is 12.1 Å². The highest BCUT2D eigenvalue weighted by Gasteiger charge is 2.25. The van der Waals surface area contributed by atoms with Crippen molar-refractivity contribution in [1.29, 1.82) is 0 Å². The Hall–Kier alpha value is -1.33. The maximum atomic E-state index is 14.3. The third-order valence-corrected chi connectivity index (χ3v) is 3.80. The molecular formula is C16H15BrF3N. The summed E-state index contributed by atoms with van der Waals surface area (Å²) < 4.78 is 42.6. The van der Waals surface area contributed by atoms with Gasteiger partial charge in [0, 0.05) is 11.1 Å². The molecule has 0 bridgehead atoms. The van der Waals surface area contributed by atoms with Crippen molar-refractivity contribution in [1.82, 2.24) is 5.32 Å². The zero-order valence-corrected chi connectivity index (χ0v) is 13.1. The largest absolute Gasteiger partial charge is 0.306 e. The second kappa shape index (κ2) is 7.09. The predicted octanol–water partition coefficient (Wildman–Crippen LogP) is 4.96. The molecule has 0 aliphatic carbocycles. The summed E-state index contributed by atoms with van der Waals surface area (Å²) in [5.41, 5.74) is 0.0461. The van der Waals surface area contributed by atoms with Crippen molar-refractivity contribution in [2.45, 2.75) is 19.4 Å². The highest BCUT2D eigenvalue weighted by Crippen LogP contribution is 2.31. The Balaban J connectivity index is 2.56. The molecule has 2 aromatic carbocycles. The summed E-state index contributed by atoms with van der Waals surface area (Å²) >= 11 is 3.04. The van der Waals surface area contributed by atoms with E-state index in [2.05, 4.69) is 21.2 Å². The molecule has 0 heterocycles. The van der Waals surface area contributed by atoms with Crippen LogP contribution in [0.1, 0.15) is 30.5 Å². The summed E-state index contributed by atoms with van der Waals surface area (Å²) in [5, 5.41) is 3.01. The third-order valence-electron chi connectivity index (χ3n) is 3.18. The molecule has 21 heavy (non-hydrogen) atoms. The fourth-order valence-electron chi connectivity index (χ4n) is 2.17. The van der Waals surface area contributed by atoms with Crippen LogP contribution in [0, 0.1) is 17.5 Å². The zero-order valence-electron chi connectivity index (χ0n) is 11.5. The molecule has 0 aliphatic rings. The first-order chi connectivity index (χ1) is 10.1. The quantitative estimate of drug-likeness (QED) is 0.746. The van der Waals surface area contributed by atoms with E-state index in [9.17, 15) is 13.2 Å². The van der Waals surface area contributed by atoms with E-state index in [0.29, 0.717) is 6.54 Å². The summed E-state index contributed by atoms with van der Waals surface area (Å²) in [7, 11) is 0. The van der Waals surface area contributed by atoms with Crippen molar-refractivity contribution < 1.29 is 13.2 Å². The van der Waals surface area contributed by atoms with Crippen molar-refractivity contribution in [3.05, 3.63) is 69.4 Å². The van der Waals surface area contributed by atoms with E-state index < -0.39 is 23.5 Å². The fourth-order valence-corrected chi connectivity index (χ4v) is 2.52. The summed E-state index contributed by atoms with van der Waals surface area (Å²) in [6.07, 6.45) is 0.766. The molecule has 2 rings (SSSR count). The van der Waals surface area contributed by atoms with E-state index >= 15 is 0 Å². The van der Waals surface area contributed by atoms with Crippen LogP contribution in [0.15, 0.2) is 40.9 Å². The molecule has 0 saturated carbocycles. The van der Waals surface area contributed by atoms with Crippen LogP contribution in [0.25, 0.3) is 0 Å². The summed E-state index contributed by atoms with van der Waals surface area (Å²) in [4.78, 5) is 0. The average molecular weight is 358 g/mol. The van der Waals surface area contributed by atoms with Crippen LogP contribution >= 0.6 is 15.9 Å². The van der Waals surface area contributed by atoms with Gasteiger partial charge in [-0.3, -0.25) is 0 Å². The standard InChI is InChI=1S/C16H15BrF3N/c1-2-9-21-16(10-5-3-4-6-12(10)18)14-13(19)8-7-11(17)15(14)20/h3-8,16,21H,2,9H2,1H3. The molecule has 1 N–H and O–H groups in total. The number of benzene rings is 2. The lowest BCUT2D eigenvalue weighted by Crippen LogP contribution is -2.26. The summed E-state index contributed by atoms with van der Waals surface area (Å²) in [5.74, 6) is -1.91. The van der Waals surface area contributed by atoms with Gasteiger partial charge in [-0.15, -0.1) is 0 Å². The highest BCUT2D eigenvalue weighted by atomic mass is 79.9. The van der Waals surface area contributed by atoms with Crippen LogP contribution < -0.4 is 5.32 Å². The van der Waals surface area contributed by atoms with Crippen LogP contribution in [0.3, 0.4) is 0 Å². The van der Waals surface area contributed by atoms with Gasteiger partial charge in [0.05, 0.1) is 10.5 Å². The van der Waals surface area contributed by atoms with Crippen LogP contribution in [0.2, 0.25) is 0 Å². The van der Waals surface area contributed by atoms with Crippen LogP contribution in [0.4, 0.5) is 13.2 Å². The van der Waals surface area contributed by atoms with E-state index in [-0.39, 0.29) is 15.6 Å². The van der Waals surface area contributed by atoms with E-state index in [4.69, 9.17) is 0 Å². The smallest absolute Gasteiger partial charge is 0.145 e. The maximum absolute atomic E-state index is 14.3. The third kappa shape index (κ3) is 3.47. The SMILES string of the molecule is CCCNC(c1ccccc1F)c1c(F)ccc(Br)c1F. The number of nitrogens with one attached hydrogen (secondary N) is 1. The van der Waals surface area contributed by atoms with Gasteiger partial charge in [-0.1, -0.05) is 25.1 Å². The summed E-state index contributed by atoms with van der Waals surface area (Å²) in [6.45, 7) is 2.45. The minimum absolute atomic E-state index is 0.151. The van der Waals surface area contributed by atoms with Crippen molar-refractivity contribution in [3.63, 3.8) is 0 Å². The molecule has 0 aliphatic heterocycles. The van der Waals surface area contributed by atoms with Crippen molar-refractivity contribution in [2.24, 2.45) is 0 Å². The molecule has 0 saturated heterocycles. The lowest BCUT2D eigenvalue weighted by Gasteiger charge is -2.21. The molecule has 0 amide bonds. The predicted molar refractivity (Wildman–Crippen MR) is 80.6 cm³/mol. The molecule has 2 aromatic rings. The molecule has 0 spiro atoms. The molecule has 112 valence electrons. The minimum Gasteiger partial charge on any atom is -0.306 e. The van der Waals surface area contributed by atoms with E-state index in [1.807, 2.05) is 6.92 Å². The Labute approximate surface area is 130 Å². The van der Waals surface area contributed by atoms with E-state index in [0.717, 1.165) is 6.42 Å². The second-order valence-corrected chi connectivity index (χ2v) is 5.52. The van der Waals surface area contributed by atoms with Crippen molar-refractivity contribution in [2.75, 3.05) is 6.54 Å². The van der Waals surface area contributed by atoms with Crippen LogP contribution in [-0.4, -0.2) is 6.54 Å². The Morgan fingerprint density at radius 1 is 1.05 bits per heavy atom. The Morgan fingerprint density at radius 2 is 1.76 bits per heavy atom. The number of rotatable bonds is 5. The molecular weight excluding hydrogens is 343 g/mol. The number of halogens is 4. The van der Waals surface area contributed by atoms with Gasteiger partial charge in [-0.05, 0) is 47.1 Å². The Morgan fingerprint density at radius 3 is 2.43 bits per heavy atom. The monoisotopic (exact) mass is 357 g/mol. The fraction of sp³-hybridized carbons (Fsp3) is 0.250. The second-order valence-electron chi connectivity index (χ2n) is 4.67. The maximum Gasteiger partial charge on any atom is 0.145 e. The normalized spacial score (nSPS) is 12.4. The van der Waals surface area contributed by atoms with Gasteiger partial charge in [-0.2, -0.15) is 0 Å². The van der Waals surface area contributed by atoms with Crippen molar-refractivity contribution >= 4 is 15.9 Å². The minimum atomic E-state index is -0.872. The van der Waals surface area contributed by atoms with Gasteiger partial charge in [-0.25, -0.2) is 13.2 Å².